The first kappa shape index (κ1) is 13.5. The Morgan fingerprint density at radius 1 is 1.33 bits per heavy atom. The minimum atomic E-state index is -0.296. The fraction of sp³-hybridized carbons (Fsp3) is 0.417. The summed E-state index contributed by atoms with van der Waals surface area (Å²) in [6.07, 6.45) is 0.548. The highest BCUT2D eigenvalue weighted by Gasteiger charge is 1.99. The van der Waals surface area contributed by atoms with Crippen LogP contribution in [0, 0.1) is 0 Å². The van der Waals surface area contributed by atoms with Gasteiger partial charge in [-0.2, -0.15) is 0 Å². The number of esters is 1. The summed E-state index contributed by atoms with van der Waals surface area (Å²) < 4.78 is 4.75. The van der Waals surface area contributed by atoms with Gasteiger partial charge in [0.05, 0.1) is 6.61 Å². The van der Waals surface area contributed by atoms with Crippen LogP contribution in [-0.2, 0) is 16.0 Å². The van der Waals surface area contributed by atoms with Crippen LogP contribution in [-0.4, -0.2) is 17.7 Å². The molecule has 0 amide bonds. The fourth-order valence-corrected chi connectivity index (χ4v) is 1.03. The number of ether oxygens (including phenoxy) is 1. The SMILES string of the molecule is CC.CC(=O)OCCc1ccccc1O. The topological polar surface area (TPSA) is 46.5 Å². The molecule has 0 saturated carbocycles. The molecule has 0 fully saturated rings. The zero-order valence-electron chi connectivity index (χ0n) is 9.49. The summed E-state index contributed by atoms with van der Waals surface area (Å²) in [5, 5.41) is 9.34. The Morgan fingerprint density at radius 2 is 1.93 bits per heavy atom. The van der Waals surface area contributed by atoms with Crippen LogP contribution in [0.15, 0.2) is 24.3 Å². The minimum absolute atomic E-state index is 0.245. The molecule has 0 unspecified atom stereocenters. The van der Waals surface area contributed by atoms with Crippen LogP contribution in [0.25, 0.3) is 0 Å². The zero-order chi connectivity index (χ0) is 11.7. The van der Waals surface area contributed by atoms with Gasteiger partial charge in [-0.25, -0.2) is 0 Å². The highest BCUT2D eigenvalue weighted by Crippen LogP contribution is 2.15. The molecule has 1 rings (SSSR count). The molecule has 0 aliphatic heterocycles. The number of carbonyl (C=O) groups is 1. The number of hydrogen-bond acceptors (Lipinski definition) is 3. The van der Waals surface area contributed by atoms with E-state index in [0.29, 0.717) is 13.0 Å². The summed E-state index contributed by atoms with van der Waals surface area (Å²) in [5.74, 6) is -0.0509. The molecule has 0 radical (unpaired) electrons. The van der Waals surface area contributed by atoms with E-state index in [1.807, 2.05) is 19.9 Å². The average molecular weight is 210 g/mol. The first-order valence-corrected chi connectivity index (χ1v) is 5.10. The molecule has 1 aromatic rings. The molecular weight excluding hydrogens is 192 g/mol. The van der Waals surface area contributed by atoms with Crippen LogP contribution in [0.2, 0.25) is 0 Å². The summed E-state index contributed by atoms with van der Waals surface area (Å²) in [5.41, 5.74) is 0.795. The molecule has 3 heteroatoms. The van der Waals surface area contributed by atoms with Crippen molar-refractivity contribution in [1.82, 2.24) is 0 Å². The van der Waals surface area contributed by atoms with Gasteiger partial charge in [0.15, 0.2) is 0 Å². The Balaban J connectivity index is 0.000000921. The van der Waals surface area contributed by atoms with Crippen LogP contribution in [0.1, 0.15) is 26.3 Å². The van der Waals surface area contributed by atoms with Crippen molar-refractivity contribution >= 4 is 5.97 Å². The number of hydrogen-bond donors (Lipinski definition) is 1. The van der Waals surface area contributed by atoms with Gasteiger partial charge in [-0.3, -0.25) is 4.79 Å². The maximum Gasteiger partial charge on any atom is 0.302 e. The van der Waals surface area contributed by atoms with Gasteiger partial charge in [-0.05, 0) is 11.6 Å². The van der Waals surface area contributed by atoms with Crippen LogP contribution in [0.4, 0.5) is 0 Å². The van der Waals surface area contributed by atoms with Crippen molar-refractivity contribution in [2.24, 2.45) is 0 Å². The predicted octanol–water partition coefficient (Wildman–Crippen LogP) is 2.52. The van der Waals surface area contributed by atoms with Gasteiger partial charge in [0, 0.05) is 13.3 Å². The third-order valence-electron chi connectivity index (χ3n) is 1.67. The van der Waals surface area contributed by atoms with Crippen molar-refractivity contribution < 1.29 is 14.6 Å². The van der Waals surface area contributed by atoms with Crippen LogP contribution in [0.3, 0.4) is 0 Å². The van der Waals surface area contributed by atoms with E-state index in [-0.39, 0.29) is 11.7 Å². The van der Waals surface area contributed by atoms with Crippen LogP contribution in [0.5, 0.6) is 5.75 Å². The van der Waals surface area contributed by atoms with Gasteiger partial charge < -0.3 is 9.84 Å². The zero-order valence-corrected chi connectivity index (χ0v) is 9.49. The normalized spacial score (nSPS) is 8.73. The van der Waals surface area contributed by atoms with Crippen molar-refractivity contribution in [3.05, 3.63) is 29.8 Å². The Labute approximate surface area is 90.7 Å². The second-order valence-corrected chi connectivity index (χ2v) is 2.72. The maximum absolute atomic E-state index is 10.4. The number of benzene rings is 1. The largest absolute Gasteiger partial charge is 0.508 e. The molecule has 3 nitrogen and oxygen atoms in total. The van der Waals surface area contributed by atoms with Crippen molar-refractivity contribution in [1.29, 1.82) is 0 Å². The Bertz CT molecular complexity index is 295. The molecule has 0 aromatic heterocycles. The fourth-order valence-electron chi connectivity index (χ4n) is 1.03. The lowest BCUT2D eigenvalue weighted by atomic mass is 10.1. The van der Waals surface area contributed by atoms with Crippen LogP contribution >= 0.6 is 0 Å². The van der Waals surface area contributed by atoms with E-state index in [2.05, 4.69) is 0 Å². The number of phenolic OH excluding ortho intramolecular Hbond substituents is 1. The molecule has 0 atom stereocenters. The summed E-state index contributed by atoms with van der Waals surface area (Å²) in [4.78, 5) is 10.4. The molecule has 84 valence electrons. The number of phenols is 1. The van der Waals surface area contributed by atoms with E-state index in [0.717, 1.165) is 5.56 Å². The lowest BCUT2D eigenvalue weighted by Gasteiger charge is -2.03. The second kappa shape index (κ2) is 7.85. The summed E-state index contributed by atoms with van der Waals surface area (Å²) in [6.45, 7) is 5.68. The second-order valence-electron chi connectivity index (χ2n) is 2.72. The van der Waals surface area contributed by atoms with Crippen LogP contribution < -0.4 is 0 Å². The third kappa shape index (κ3) is 5.73. The quantitative estimate of drug-likeness (QED) is 0.780. The number of rotatable bonds is 3. The molecule has 0 bridgehead atoms. The molecule has 15 heavy (non-hydrogen) atoms. The van der Waals surface area contributed by atoms with E-state index in [1.165, 1.54) is 6.92 Å². The molecule has 0 aliphatic carbocycles. The average Bonchev–Trinajstić information content (AvgIpc) is 2.23. The van der Waals surface area contributed by atoms with E-state index < -0.39 is 0 Å². The monoisotopic (exact) mass is 210 g/mol. The summed E-state index contributed by atoms with van der Waals surface area (Å²) in [7, 11) is 0. The van der Waals surface area contributed by atoms with Crippen molar-refractivity contribution in [2.75, 3.05) is 6.61 Å². The smallest absolute Gasteiger partial charge is 0.302 e. The third-order valence-corrected chi connectivity index (χ3v) is 1.67. The molecule has 1 N–H and O–H groups in total. The lowest BCUT2D eigenvalue weighted by molar-refractivity contribution is -0.140. The van der Waals surface area contributed by atoms with Gasteiger partial charge in [-0.1, -0.05) is 32.0 Å². The first-order chi connectivity index (χ1) is 7.20. The Morgan fingerprint density at radius 3 is 2.47 bits per heavy atom. The van der Waals surface area contributed by atoms with Crippen molar-refractivity contribution in [3.8, 4) is 5.75 Å². The number of aromatic hydroxyl groups is 1. The standard InChI is InChI=1S/C10H12O3.C2H6/c1-8(11)13-7-6-9-4-2-3-5-10(9)12;1-2/h2-5,12H,6-7H2,1H3;1-2H3. The summed E-state index contributed by atoms with van der Waals surface area (Å²) in [6, 6.07) is 7.01. The van der Waals surface area contributed by atoms with Crippen molar-refractivity contribution in [3.63, 3.8) is 0 Å². The molecule has 1 aromatic carbocycles. The van der Waals surface area contributed by atoms with E-state index in [1.54, 1.807) is 18.2 Å². The highest BCUT2D eigenvalue weighted by atomic mass is 16.5. The predicted molar refractivity (Wildman–Crippen MR) is 59.8 cm³/mol. The Hall–Kier alpha value is -1.51. The van der Waals surface area contributed by atoms with E-state index in [9.17, 15) is 9.90 Å². The number of para-hydroxylation sites is 1. The van der Waals surface area contributed by atoms with Crippen molar-refractivity contribution in [2.45, 2.75) is 27.2 Å². The van der Waals surface area contributed by atoms with Gasteiger partial charge >= 0.3 is 5.97 Å². The highest BCUT2D eigenvalue weighted by molar-refractivity contribution is 5.65. The molecule has 0 heterocycles. The maximum atomic E-state index is 10.4. The summed E-state index contributed by atoms with van der Waals surface area (Å²) >= 11 is 0. The Kier molecular flexibility index (Phi) is 7.06. The molecule has 0 saturated heterocycles. The van der Waals surface area contributed by atoms with E-state index in [4.69, 9.17) is 4.74 Å². The van der Waals surface area contributed by atoms with E-state index >= 15 is 0 Å². The van der Waals surface area contributed by atoms with Gasteiger partial charge in [-0.15, -0.1) is 0 Å². The van der Waals surface area contributed by atoms with Gasteiger partial charge in [0.25, 0.3) is 0 Å². The lowest BCUT2D eigenvalue weighted by Crippen LogP contribution is -2.03. The molecule has 0 aliphatic rings. The van der Waals surface area contributed by atoms with Gasteiger partial charge in [0.2, 0.25) is 0 Å². The minimum Gasteiger partial charge on any atom is -0.508 e. The first-order valence-electron chi connectivity index (χ1n) is 5.10. The molecule has 0 spiro atoms. The van der Waals surface area contributed by atoms with Gasteiger partial charge in [0.1, 0.15) is 5.75 Å². The molecular formula is C12H18O3. The number of carbonyl (C=O) groups excluding carboxylic acids is 1.